The summed E-state index contributed by atoms with van der Waals surface area (Å²) in [6.45, 7) is 6.43. The lowest BCUT2D eigenvalue weighted by Crippen LogP contribution is -2.02. The quantitative estimate of drug-likeness (QED) is 0.910. The minimum atomic E-state index is 0.266. The molecule has 1 heterocycles. The molecule has 1 unspecified atom stereocenters. The number of aromatic nitrogens is 1. The molecule has 0 bridgehead atoms. The first-order valence-electron chi connectivity index (χ1n) is 6.44. The van der Waals surface area contributed by atoms with Crippen LogP contribution < -0.4 is 10.5 Å². The minimum absolute atomic E-state index is 0.266. The molecule has 102 valence electrons. The average Bonchev–Trinajstić information content (AvgIpc) is 2.79. The van der Waals surface area contributed by atoms with Crippen LogP contribution in [0.5, 0.6) is 5.75 Å². The zero-order valence-corrected chi connectivity index (χ0v) is 11.8. The van der Waals surface area contributed by atoms with E-state index in [-0.39, 0.29) is 5.92 Å². The Morgan fingerprint density at radius 1 is 1.16 bits per heavy atom. The molecule has 0 aliphatic heterocycles. The number of rotatable bonds is 4. The average molecular weight is 260 g/mol. The van der Waals surface area contributed by atoms with E-state index in [4.69, 9.17) is 15.0 Å². The molecule has 1 aromatic heterocycles. The molecular formula is C15H20N2O2. The van der Waals surface area contributed by atoms with Crippen LogP contribution in [0, 0.1) is 5.92 Å². The monoisotopic (exact) mass is 260 g/mol. The number of hydrogen-bond donors (Lipinski definition) is 1. The van der Waals surface area contributed by atoms with Gasteiger partial charge in [-0.25, -0.2) is 0 Å². The van der Waals surface area contributed by atoms with Crippen molar-refractivity contribution in [1.29, 1.82) is 0 Å². The fourth-order valence-corrected chi connectivity index (χ4v) is 1.98. The number of hydrogen-bond acceptors (Lipinski definition) is 4. The van der Waals surface area contributed by atoms with E-state index in [1.165, 1.54) is 0 Å². The minimum Gasteiger partial charge on any atom is -0.497 e. The number of benzene rings is 1. The summed E-state index contributed by atoms with van der Waals surface area (Å²) in [5.74, 6) is 2.83. The van der Waals surface area contributed by atoms with Crippen LogP contribution in [0.15, 0.2) is 28.8 Å². The lowest BCUT2D eigenvalue weighted by molar-refractivity contribution is 0.341. The number of nitrogens with two attached hydrogens (primary N) is 1. The van der Waals surface area contributed by atoms with Crippen molar-refractivity contribution in [1.82, 2.24) is 5.16 Å². The van der Waals surface area contributed by atoms with Crippen molar-refractivity contribution < 1.29 is 9.26 Å². The number of ether oxygens (including phenoxy) is 1. The fraction of sp³-hybridized carbons (Fsp3) is 0.400. The fourth-order valence-electron chi connectivity index (χ4n) is 1.98. The molecule has 0 radical (unpaired) electrons. The molecule has 1 aromatic carbocycles. The Bertz CT molecular complexity index is 544. The third kappa shape index (κ3) is 2.57. The van der Waals surface area contributed by atoms with Gasteiger partial charge in [-0.2, -0.15) is 0 Å². The lowest BCUT2D eigenvalue weighted by Gasteiger charge is -2.14. The Balaban J connectivity index is 2.45. The largest absolute Gasteiger partial charge is 0.497 e. The van der Waals surface area contributed by atoms with Crippen molar-refractivity contribution in [2.45, 2.75) is 26.7 Å². The summed E-state index contributed by atoms with van der Waals surface area (Å²) in [6, 6.07) is 7.76. The van der Waals surface area contributed by atoms with E-state index >= 15 is 0 Å². The van der Waals surface area contributed by atoms with Gasteiger partial charge >= 0.3 is 0 Å². The molecule has 0 aliphatic carbocycles. The van der Waals surface area contributed by atoms with Crippen LogP contribution in [-0.2, 0) is 0 Å². The summed E-state index contributed by atoms with van der Waals surface area (Å²) in [4.78, 5) is 0. The lowest BCUT2D eigenvalue weighted by atomic mass is 9.91. The van der Waals surface area contributed by atoms with Crippen LogP contribution in [-0.4, -0.2) is 12.3 Å². The van der Waals surface area contributed by atoms with Gasteiger partial charge in [0.2, 0.25) is 0 Å². The van der Waals surface area contributed by atoms with Gasteiger partial charge in [0.1, 0.15) is 11.5 Å². The first-order valence-corrected chi connectivity index (χ1v) is 6.44. The number of methoxy groups -OCH3 is 1. The molecule has 2 rings (SSSR count). The third-order valence-corrected chi connectivity index (χ3v) is 3.54. The normalized spacial score (nSPS) is 12.7. The predicted octanol–water partition coefficient (Wildman–Crippen LogP) is 3.69. The maximum Gasteiger partial charge on any atom is 0.175 e. The van der Waals surface area contributed by atoms with E-state index in [9.17, 15) is 0 Å². The van der Waals surface area contributed by atoms with Gasteiger partial charge in [0.05, 0.1) is 12.7 Å². The summed E-state index contributed by atoms with van der Waals surface area (Å²) in [7, 11) is 1.65. The van der Waals surface area contributed by atoms with Gasteiger partial charge in [-0.3, -0.25) is 0 Å². The number of anilines is 1. The second kappa shape index (κ2) is 5.34. The van der Waals surface area contributed by atoms with Gasteiger partial charge in [0, 0.05) is 5.92 Å². The first kappa shape index (κ1) is 13.5. The van der Waals surface area contributed by atoms with Crippen LogP contribution in [0.25, 0.3) is 11.1 Å². The SMILES string of the molecule is COc1ccc(-c2c(N)noc2C(C)C(C)C)cc1. The van der Waals surface area contributed by atoms with Crippen LogP contribution in [0.1, 0.15) is 32.4 Å². The van der Waals surface area contributed by atoms with E-state index < -0.39 is 0 Å². The Morgan fingerprint density at radius 2 is 1.79 bits per heavy atom. The molecule has 2 N–H and O–H groups in total. The molecule has 2 aromatic rings. The summed E-state index contributed by atoms with van der Waals surface area (Å²) < 4.78 is 10.6. The van der Waals surface area contributed by atoms with Crippen LogP contribution in [0.3, 0.4) is 0 Å². The van der Waals surface area contributed by atoms with Crippen LogP contribution in [0.2, 0.25) is 0 Å². The highest BCUT2D eigenvalue weighted by molar-refractivity contribution is 5.76. The van der Waals surface area contributed by atoms with Gasteiger partial charge in [0.15, 0.2) is 5.82 Å². The van der Waals surface area contributed by atoms with Crippen molar-refractivity contribution in [3.63, 3.8) is 0 Å². The van der Waals surface area contributed by atoms with E-state index in [2.05, 4.69) is 25.9 Å². The Morgan fingerprint density at radius 3 is 2.32 bits per heavy atom. The van der Waals surface area contributed by atoms with Crippen molar-refractivity contribution in [3.8, 4) is 16.9 Å². The van der Waals surface area contributed by atoms with E-state index in [1.807, 2.05) is 24.3 Å². The third-order valence-electron chi connectivity index (χ3n) is 3.54. The highest BCUT2D eigenvalue weighted by Crippen LogP contribution is 2.37. The first-order chi connectivity index (χ1) is 9.04. The van der Waals surface area contributed by atoms with Gasteiger partial charge < -0.3 is 15.0 Å². The number of nitrogens with zero attached hydrogens (tertiary/aromatic N) is 1. The Hall–Kier alpha value is -1.97. The standard InChI is InChI=1S/C15H20N2O2/c1-9(2)10(3)14-13(15(16)17-19-14)11-5-7-12(18-4)8-6-11/h5-10H,1-4H3,(H2,16,17). The van der Waals surface area contributed by atoms with E-state index in [1.54, 1.807) is 7.11 Å². The molecule has 0 saturated heterocycles. The number of nitrogen functional groups attached to an aromatic ring is 1. The van der Waals surface area contributed by atoms with Gasteiger partial charge in [0.25, 0.3) is 0 Å². The molecular weight excluding hydrogens is 240 g/mol. The van der Waals surface area contributed by atoms with Gasteiger partial charge in [-0.1, -0.05) is 38.1 Å². The molecule has 1 atom stereocenters. The maximum atomic E-state index is 5.95. The van der Waals surface area contributed by atoms with Crippen molar-refractivity contribution in [2.24, 2.45) is 5.92 Å². The molecule has 0 aliphatic rings. The van der Waals surface area contributed by atoms with Gasteiger partial charge in [-0.15, -0.1) is 0 Å². The second-order valence-corrected chi connectivity index (χ2v) is 5.07. The highest BCUT2D eigenvalue weighted by atomic mass is 16.5. The van der Waals surface area contributed by atoms with E-state index in [0.717, 1.165) is 22.6 Å². The van der Waals surface area contributed by atoms with Crippen LogP contribution >= 0.6 is 0 Å². The molecule has 4 nitrogen and oxygen atoms in total. The van der Waals surface area contributed by atoms with Crippen molar-refractivity contribution >= 4 is 5.82 Å². The highest BCUT2D eigenvalue weighted by Gasteiger charge is 2.23. The predicted molar refractivity (Wildman–Crippen MR) is 76.2 cm³/mol. The summed E-state index contributed by atoms with van der Waals surface area (Å²) in [5.41, 5.74) is 7.84. The molecule has 0 spiro atoms. The smallest absolute Gasteiger partial charge is 0.175 e. The van der Waals surface area contributed by atoms with E-state index in [0.29, 0.717) is 11.7 Å². The Labute approximate surface area is 113 Å². The van der Waals surface area contributed by atoms with Crippen LogP contribution in [0.4, 0.5) is 5.82 Å². The molecule has 0 fully saturated rings. The zero-order chi connectivity index (χ0) is 14.0. The summed E-state index contributed by atoms with van der Waals surface area (Å²) in [6.07, 6.45) is 0. The molecule has 4 heteroatoms. The Kier molecular flexibility index (Phi) is 3.79. The second-order valence-electron chi connectivity index (χ2n) is 5.07. The van der Waals surface area contributed by atoms with Crippen molar-refractivity contribution in [3.05, 3.63) is 30.0 Å². The topological polar surface area (TPSA) is 61.3 Å². The molecule has 19 heavy (non-hydrogen) atoms. The summed E-state index contributed by atoms with van der Waals surface area (Å²) >= 11 is 0. The maximum absolute atomic E-state index is 5.95. The summed E-state index contributed by atoms with van der Waals surface area (Å²) in [5, 5.41) is 3.91. The molecule has 0 saturated carbocycles. The zero-order valence-electron chi connectivity index (χ0n) is 11.8. The van der Waals surface area contributed by atoms with Crippen molar-refractivity contribution in [2.75, 3.05) is 12.8 Å². The molecule has 0 amide bonds. The van der Waals surface area contributed by atoms with Gasteiger partial charge in [-0.05, 0) is 23.6 Å².